The molecule has 0 atom stereocenters. The van der Waals surface area contributed by atoms with Crippen molar-refractivity contribution in [2.24, 2.45) is 0 Å². The van der Waals surface area contributed by atoms with Crippen molar-refractivity contribution in [3.8, 4) is 0 Å². The molecule has 0 aromatic carbocycles. The summed E-state index contributed by atoms with van der Waals surface area (Å²) in [5.41, 5.74) is 0. The summed E-state index contributed by atoms with van der Waals surface area (Å²) >= 11 is 0. The second-order valence-electron chi connectivity index (χ2n) is 0.964. The predicted molar refractivity (Wildman–Crippen MR) is 27.1 cm³/mol. The van der Waals surface area contributed by atoms with Gasteiger partial charge in [-0.25, -0.2) is 0 Å². The van der Waals surface area contributed by atoms with Gasteiger partial charge in [-0.3, -0.25) is 9.59 Å². The Balaban J connectivity index is -0.0000000300. The Morgan fingerprint density at radius 2 is 1.09 bits per heavy atom. The summed E-state index contributed by atoms with van der Waals surface area (Å²) in [6.45, 7) is 0. The van der Waals surface area contributed by atoms with Gasteiger partial charge in [0, 0.05) is 65.4 Å². The third kappa shape index (κ3) is 35.4. The molecule has 0 aliphatic carbocycles. The number of hydrogen-bond acceptors (Lipinski definition) is 2. The summed E-state index contributed by atoms with van der Waals surface area (Å²) in [7, 11) is 0. The molecule has 0 aliphatic heterocycles. The summed E-state index contributed by atoms with van der Waals surface area (Å²) in [5, 5.41) is 15.4. The molecule has 0 saturated heterocycles. The molecule has 6 nitrogen and oxygen atoms in total. The number of carboxylic acid groups (broad SMARTS) is 2. The molecule has 0 unspecified atom stereocenters. The molecule has 0 heterocycles. The van der Waals surface area contributed by atoms with E-state index >= 15 is 0 Å². The molecule has 0 fully saturated rings. The smallest absolute Gasteiger partial charge is 0.314 e. The normalized spacial score (nSPS) is 5.09. The molecule has 0 aliphatic rings. The summed E-state index contributed by atoms with van der Waals surface area (Å²) in [6, 6.07) is 0. The monoisotopic (exact) mass is 318 g/mol. The van der Waals surface area contributed by atoms with E-state index < -0.39 is 18.4 Å². The Bertz CT molecular complexity index is 92.0. The van der Waals surface area contributed by atoms with Gasteiger partial charge in [0.2, 0.25) is 0 Å². The topological polar surface area (TPSA) is 138 Å². The molecule has 6 N–H and O–H groups in total. The van der Waals surface area contributed by atoms with Gasteiger partial charge in [-0.1, -0.05) is 0 Å². The van der Waals surface area contributed by atoms with Crippen LogP contribution in [0.1, 0.15) is 6.42 Å². The Morgan fingerprint density at radius 1 is 0.909 bits per heavy atom. The fourth-order valence-corrected chi connectivity index (χ4v) is 0.129. The van der Waals surface area contributed by atoms with Gasteiger partial charge in [-0.15, -0.1) is 0 Å². The van der Waals surface area contributed by atoms with Crippen LogP contribution in [0.15, 0.2) is 0 Å². The molecule has 11 heavy (non-hydrogen) atoms. The van der Waals surface area contributed by atoms with E-state index in [1.807, 2.05) is 0 Å². The van der Waals surface area contributed by atoms with Gasteiger partial charge in [0.15, 0.2) is 0 Å². The first kappa shape index (κ1) is 29.6. The molecule has 62 valence electrons. The van der Waals surface area contributed by atoms with Crippen LogP contribution in [0.4, 0.5) is 0 Å². The Kier molecular flexibility index (Phi) is 46.4. The third-order valence-corrected chi connectivity index (χ3v) is 0.302. The zero-order chi connectivity index (χ0) is 5.86. The van der Waals surface area contributed by atoms with Crippen LogP contribution in [0.2, 0.25) is 0 Å². The maximum absolute atomic E-state index is 9.43. The van der Waals surface area contributed by atoms with Crippen molar-refractivity contribution in [2.75, 3.05) is 0 Å². The first-order valence-corrected chi connectivity index (χ1v) is 1.56. The van der Waals surface area contributed by atoms with E-state index in [4.69, 9.17) is 10.2 Å². The molecule has 8 heteroatoms. The van der Waals surface area contributed by atoms with E-state index in [1.165, 1.54) is 0 Å². The Labute approximate surface area is 113 Å². The van der Waals surface area contributed by atoms with Gasteiger partial charge in [-0.05, 0) is 0 Å². The molecule has 0 aromatic heterocycles. The van der Waals surface area contributed by atoms with Crippen molar-refractivity contribution in [1.29, 1.82) is 0 Å². The fraction of sp³-hybridized carbons (Fsp3) is 0.333. The number of aliphatic carboxylic acids is 2. The Morgan fingerprint density at radius 3 is 1.09 bits per heavy atom. The average molecular weight is 318 g/mol. The van der Waals surface area contributed by atoms with Crippen LogP contribution in [0, 0.1) is 0 Å². The molecule has 0 bridgehead atoms. The summed E-state index contributed by atoms with van der Waals surface area (Å²) < 4.78 is 0. The first-order chi connectivity index (χ1) is 3.13. The second kappa shape index (κ2) is 17.2. The van der Waals surface area contributed by atoms with Crippen LogP contribution < -0.4 is 0 Å². The maximum Gasteiger partial charge on any atom is 0.314 e. The van der Waals surface area contributed by atoms with Gasteiger partial charge in [0.05, 0.1) is 0 Å². The van der Waals surface area contributed by atoms with Gasteiger partial charge in [0.25, 0.3) is 0 Å². The van der Waals surface area contributed by atoms with Crippen LogP contribution in [-0.4, -0.2) is 33.1 Å². The van der Waals surface area contributed by atoms with Crippen LogP contribution >= 0.6 is 0 Å². The minimum Gasteiger partial charge on any atom is -0.481 e. The number of carbonyl (C=O) groups is 2. The molecule has 0 aromatic rings. The number of carboxylic acids is 2. The van der Waals surface area contributed by atoms with E-state index in [0.717, 1.165) is 0 Å². The fourth-order valence-electron chi connectivity index (χ4n) is 0.129. The first-order valence-electron chi connectivity index (χ1n) is 1.56. The van der Waals surface area contributed by atoms with E-state index in [1.54, 1.807) is 0 Å². The van der Waals surface area contributed by atoms with E-state index in [-0.39, 0.29) is 76.4 Å². The SMILES string of the molecule is O.O.O=C(O)CC(=O)O.[Y].[Y]. The zero-order valence-corrected chi connectivity index (χ0v) is 11.2. The minimum atomic E-state index is -1.31. The van der Waals surface area contributed by atoms with E-state index in [2.05, 4.69) is 0 Å². The Hall–Kier alpha value is 1.07. The van der Waals surface area contributed by atoms with Gasteiger partial charge in [0.1, 0.15) is 6.42 Å². The van der Waals surface area contributed by atoms with Gasteiger partial charge in [-0.2, -0.15) is 0 Å². The molecule has 2 radical (unpaired) electrons. The quantitative estimate of drug-likeness (QED) is 0.563. The number of hydrogen-bond donors (Lipinski definition) is 2. The molecule has 0 saturated carbocycles. The van der Waals surface area contributed by atoms with Crippen molar-refractivity contribution in [3.63, 3.8) is 0 Å². The van der Waals surface area contributed by atoms with Gasteiger partial charge >= 0.3 is 11.9 Å². The van der Waals surface area contributed by atoms with Crippen molar-refractivity contribution in [2.45, 2.75) is 6.42 Å². The molecular formula is C3H8O6Y2. The van der Waals surface area contributed by atoms with Crippen LogP contribution in [0.25, 0.3) is 0 Å². The summed E-state index contributed by atoms with van der Waals surface area (Å²) in [4.78, 5) is 18.9. The maximum atomic E-state index is 9.43. The second-order valence-corrected chi connectivity index (χ2v) is 0.964. The zero-order valence-electron chi connectivity index (χ0n) is 5.57. The van der Waals surface area contributed by atoms with Crippen LogP contribution in [0.3, 0.4) is 0 Å². The van der Waals surface area contributed by atoms with E-state index in [0.29, 0.717) is 0 Å². The van der Waals surface area contributed by atoms with Crippen LogP contribution in [-0.2, 0) is 75.0 Å². The number of rotatable bonds is 2. The molecule has 0 spiro atoms. The van der Waals surface area contributed by atoms with Crippen molar-refractivity contribution < 1.29 is 96.2 Å². The molecular weight excluding hydrogens is 310 g/mol. The minimum absolute atomic E-state index is 0. The summed E-state index contributed by atoms with van der Waals surface area (Å²) in [6.07, 6.45) is -0.806. The largest absolute Gasteiger partial charge is 0.481 e. The van der Waals surface area contributed by atoms with Crippen molar-refractivity contribution >= 4 is 11.9 Å². The average Bonchev–Trinajstić information content (AvgIpc) is 1.27. The third-order valence-electron chi connectivity index (χ3n) is 0.302. The van der Waals surface area contributed by atoms with Crippen molar-refractivity contribution in [1.82, 2.24) is 0 Å². The predicted octanol–water partition coefficient (Wildman–Crippen LogP) is -2.11. The molecule has 0 rings (SSSR count). The van der Waals surface area contributed by atoms with E-state index in [9.17, 15) is 9.59 Å². The summed E-state index contributed by atoms with van der Waals surface area (Å²) in [5.74, 6) is -2.62. The van der Waals surface area contributed by atoms with Crippen LogP contribution in [0.5, 0.6) is 0 Å². The van der Waals surface area contributed by atoms with Crippen molar-refractivity contribution in [3.05, 3.63) is 0 Å². The molecule has 0 amide bonds. The standard InChI is InChI=1S/C3H4O4.2H2O.2Y/c4-2(5)1-3(6)7;;;;/h1H2,(H,4,5)(H,6,7);2*1H2;;. The van der Waals surface area contributed by atoms with Gasteiger partial charge < -0.3 is 21.2 Å².